The van der Waals surface area contributed by atoms with Crippen molar-refractivity contribution in [3.05, 3.63) is 88.2 Å². The number of halogens is 5. The van der Waals surface area contributed by atoms with Crippen LogP contribution in [0.4, 0.5) is 23.2 Å². The molecule has 2 heterocycles. The standard InChI is InChI=1S/C30H29ClF4N2O3S/c1-20(29-25(31)8-5-9-26(29)32)16-21-10-11-28-27(17-21)37(19-23(40-28)12-15-36-13-2-3-14-36)41(38,39)24-7-4-6-22(18-24)30(33,34)35/h4-11,16-18,23H,2-3,12-15,19H2,1H3/t23-/m0/s1. The van der Waals surface area contributed by atoms with E-state index in [0.29, 0.717) is 29.4 Å². The second-order valence-corrected chi connectivity index (χ2v) is 12.6. The maximum absolute atomic E-state index is 14.5. The van der Waals surface area contributed by atoms with Gasteiger partial charge in [0.05, 0.1) is 27.7 Å². The Morgan fingerprint density at radius 2 is 1.80 bits per heavy atom. The molecular weight excluding hydrogens is 580 g/mol. The molecule has 0 saturated carbocycles. The quantitative estimate of drug-likeness (QED) is 0.206. The number of benzene rings is 3. The minimum Gasteiger partial charge on any atom is -0.486 e. The second kappa shape index (κ2) is 11.7. The van der Waals surface area contributed by atoms with Crippen LogP contribution in [-0.2, 0) is 16.2 Å². The minimum atomic E-state index is -4.70. The molecule has 11 heteroatoms. The molecule has 2 aliphatic rings. The molecule has 2 aliphatic heterocycles. The SMILES string of the molecule is CC(=Cc1ccc2c(c1)N(S(=O)(=O)c1cccc(C(F)(F)F)c1)C[C@H](CCN1CCCC1)O2)c1c(F)cccc1Cl. The number of fused-ring (bicyclic) bond motifs is 1. The highest BCUT2D eigenvalue weighted by Crippen LogP contribution is 2.40. The van der Waals surface area contributed by atoms with Crippen LogP contribution in [0.15, 0.2) is 65.6 Å². The van der Waals surface area contributed by atoms with Gasteiger partial charge in [0.15, 0.2) is 0 Å². The van der Waals surface area contributed by atoms with Crippen LogP contribution in [0.2, 0.25) is 5.02 Å². The normalized spacial score (nSPS) is 18.3. The molecular formula is C30H29ClF4N2O3S. The van der Waals surface area contributed by atoms with Crippen molar-refractivity contribution in [2.45, 2.75) is 43.4 Å². The van der Waals surface area contributed by atoms with Gasteiger partial charge in [-0.25, -0.2) is 12.8 Å². The van der Waals surface area contributed by atoms with Crippen molar-refractivity contribution in [2.75, 3.05) is 30.5 Å². The molecule has 0 bridgehead atoms. The summed E-state index contributed by atoms with van der Waals surface area (Å²) in [4.78, 5) is 1.82. The second-order valence-electron chi connectivity index (χ2n) is 10.3. The Labute approximate surface area is 242 Å². The minimum absolute atomic E-state index is 0.0648. The summed E-state index contributed by atoms with van der Waals surface area (Å²) < 4.78 is 89.9. The van der Waals surface area contributed by atoms with Crippen LogP contribution < -0.4 is 9.04 Å². The molecule has 3 aromatic rings. The molecule has 3 aromatic carbocycles. The van der Waals surface area contributed by atoms with Crippen LogP contribution in [-0.4, -0.2) is 45.6 Å². The third-order valence-electron chi connectivity index (χ3n) is 7.37. The highest BCUT2D eigenvalue weighted by atomic mass is 35.5. The Morgan fingerprint density at radius 1 is 1.07 bits per heavy atom. The molecule has 0 aromatic heterocycles. The largest absolute Gasteiger partial charge is 0.486 e. The topological polar surface area (TPSA) is 49.9 Å². The Balaban J connectivity index is 1.54. The van der Waals surface area contributed by atoms with Gasteiger partial charge in [-0.3, -0.25) is 4.31 Å². The van der Waals surface area contributed by atoms with Gasteiger partial charge in [0.1, 0.15) is 17.7 Å². The predicted octanol–water partition coefficient (Wildman–Crippen LogP) is 7.50. The fourth-order valence-electron chi connectivity index (χ4n) is 5.29. The lowest BCUT2D eigenvalue weighted by Crippen LogP contribution is -2.44. The van der Waals surface area contributed by atoms with Crippen molar-refractivity contribution in [1.29, 1.82) is 0 Å². The molecule has 0 radical (unpaired) electrons. The van der Waals surface area contributed by atoms with E-state index >= 15 is 0 Å². The Morgan fingerprint density at radius 3 is 2.51 bits per heavy atom. The number of alkyl halides is 3. The van der Waals surface area contributed by atoms with E-state index in [1.807, 2.05) is 0 Å². The summed E-state index contributed by atoms with van der Waals surface area (Å²) in [7, 11) is -4.40. The lowest BCUT2D eigenvalue weighted by Gasteiger charge is -2.36. The van der Waals surface area contributed by atoms with Gasteiger partial charge in [0.25, 0.3) is 10.0 Å². The molecule has 1 saturated heterocycles. The van der Waals surface area contributed by atoms with E-state index < -0.39 is 38.6 Å². The number of ether oxygens (including phenoxy) is 1. The molecule has 218 valence electrons. The van der Waals surface area contributed by atoms with Gasteiger partial charge >= 0.3 is 6.18 Å². The summed E-state index contributed by atoms with van der Waals surface area (Å²) in [5.41, 5.74) is 0.427. The Hall–Kier alpha value is -3.08. The van der Waals surface area contributed by atoms with E-state index in [0.717, 1.165) is 55.0 Å². The molecule has 0 unspecified atom stereocenters. The summed E-state index contributed by atoms with van der Waals surface area (Å²) in [6.45, 7) is 4.28. The van der Waals surface area contributed by atoms with Crippen molar-refractivity contribution in [2.24, 2.45) is 0 Å². The number of allylic oxidation sites excluding steroid dienone is 1. The van der Waals surface area contributed by atoms with Gasteiger partial charge in [-0.05, 0) is 92.9 Å². The van der Waals surface area contributed by atoms with Crippen molar-refractivity contribution >= 4 is 39.0 Å². The maximum Gasteiger partial charge on any atom is 0.416 e. The zero-order chi connectivity index (χ0) is 29.4. The van der Waals surface area contributed by atoms with Crippen LogP contribution in [0.1, 0.15) is 42.9 Å². The van der Waals surface area contributed by atoms with Crippen LogP contribution in [0.25, 0.3) is 11.6 Å². The first-order valence-corrected chi connectivity index (χ1v) is 15.1. The molecule has 1 fully saturated rings. The molecule has 0 aliphatic carbocycles. The smallest absolute Gasteiger partial charge is 0.416 e. The highest BCUT2D eigenvalue weighted by Gasteiger charge is 2.37. The summed E-state index contributed by atoms with van der Waals surface area (Å²) in [6, 6.07) is 13.0. The van der Waals surface area contributed by atoms with Crippen LogP contribution in [0, 0.1) is 5.82 Å². The van der Waals surface area contributed by atoms with E-state index in [2.05, 4.69) is 4.90 Å². The Bertz CT molecular complexity index is 1550. The van der Waals surface area contributed by atoms with Crippen LogP contribution in [0.3, 0.4) is 0 Å². The van der Waals surface area contributed by atoms with Gasteiger partial charge in [0, 0.05) is 12.1 Å². The monoisotopic (exact) mass is 608 g/mol. The molecule has 0 spiro atoms. The number of nitrogens with zero attached hydrogens (tertiary/aromatic N) is 2. The van der Waals surface area contributed by atoms with Crippen LogP contribution in [0.5, 0.6) is 5.75 Å². The van der Waals surface area contributed by atoms with E-state index in [4.69, 9.17) is 16.3 Å². The molecule has 41 heavy (non-hydrogen) atoms. The maximum atomic E-state index is 14.5. The third-order valence-corrected chi connectivity index (χ3v) is 9.46. The molecule has 1 atom stereocenters. The fourth-order valence-corrected chi connectivity index (χ4v) is 7.14. The first-order chi connectivity index (χ1) is 19.4. The summed E-state index contributed by atoms with van der Waals surface area (Å²) in [5.74, 6) is -0.195. The number of rotatable bonds is 7. The highest BCUT2D eigenvalue weighted by molar-refractivity contribution is 7.92. The van der Waals surface area contributed by atoms with E-state index in [1.165, 1.54) is 12.1 Å². The fraction of sp³-hybridized carbons (Fsp3) is 0.333. The molecule has 0 amide bonds. The lowest BCUT2D eigenvalue weighted by molar-refractivity contribution is -0.137. The third kappa shape index (κ3) is 6.39. The van der Waals surface area contributed by atoms with Crippen molar-refractivity contribution in [1.82, 2.24) is 4.90 Å². The average molecular weight is 609 g/mol. The van der Waals surface area contributed by atoms with Crippen molar-refractivity contribution < 1.29 is 30.7 Å². The zero-order valence-corrected chi connectivity index (χ0v) is 23.9. The van der Waals surface area contributed by atoms with Gasteiger partial charge in [-0.1, -0.05) is 35.9 Å². The lowest BCUT2D eigenvalue weighted by atomic mass is 10.0. The summed E-state index contributed by atoms with van der Waals surface area (Å²) >= 11 is 6.22. The average Bonchev–Trinajstić information content (AvgIpc) is 3.45. The molecule has 5 nitrogen and oxygen atoms in total. The summed E-state index contributed by atoms with van der Waals surface area (Å²) in [6.07, 6.45) is -0.754. The van der Waals surface area contributed by atoms with Gasteiger partial charge in [0.2, 0.25) is 0 Å². The van der Waals surface area contributed by atoms with Crippen LogP contribution >= 0.6 is 11.6 Å². The van der Waals surface area contributed by atoms with Gasteiger partial charge in [-0.15, -0.1) is 0 Å². The first-order valence-electron chi connectivity index (χ1n) is 13.3. The van der Waals surface area contributed by atoms with E-state index in [1.54, 1.807) is 37.3 Å². The number of hydrogen-bond donors (Lipinski definition) is 0. The van der Waals surface area contributed by atoms with Gasteiger partial charge in [-0.2, -0.15) is 13.2 Å². The number of hydrogen-bond acceptors (Lipinski definition) is 4. The molecule has 0 N–H and O–H groups in total. The zero-order valence-electron chi connectivity index (χ0n) is 22.3. The van der Waals surface area contributed by atoms with Crippen molar-refractivity contribution in [3.8, 4) is 5.75 Å². The predicted molar refractivity (Wildman–Crippen MR) is 152 cm³/mol. The first kappa shape index (κ1) is 29.4. The van der Waals surface area contributed by atoms with E-state index in [9.17, 15) is 26.0 Å². The number of likely N-dealkylation sites (tertiary alicyclic amines) is 1. The van der Waals surface area contributed by atoms with Crippen molar-refractivity contribution in [3.63, 3.8) is 0 Å². The molecule has 5 rings (SSSR count). The van der Waals surface area contributed by atoms with Gasteiger partial charge < -0.3 is 9.64 Å². The summed E-state index contributed by atoms with van der Waals surface area (Å²) in [5, 5.41) is 0.231. The number of sulfonamides is 1. The van der Waals surface area contributed by atoms with E-state index in [-0.39, 0.29) is 22.8 Å². The Kier molecular flexibility index (Phi) is 8.36. The number of anilines is 1.